The molecular formula is C15H16O3. The van der Waals surface area contributed by atoms with Crippen molar-refractivity contribution in [3.05, 3.63) is 36.5 Å². The van der Waals surface area contributed by atoms with Crippen LogP contribution in [0, 0.1) is 17.8 Å². The van der Waals surface area contributed by atoms with Crippen molar-refractivity contribution in [3.63, 3.8) is 0 Å². The minimum atomic E-state index is -0.316. The Kier molecular flexibility index (Phi) is 2.34. The molecule has 1 aliphatic heterocycles. The first-order chi connectivity index (χ1) is 8.50. The van der Waals surface area contributed by atoms with Gasteiger partial charge in [0.2, 0.25) is 0 Å². The highest BCUT2D eigenvalue weighted by Crippen LogP contribution is 2.50. The quantitative estimate of drug-likeness (QED) is 0.373. The summed E-state index contributed by atoms with van der Waals surface area (Å²) in [5, 5.41) is 0. The van der Waals surface area contributed by atoms with Crippen LogP contribution in [0.25, 0.3) is 0 Å². The number of hydrogen-bond acceptors (Lipinski definition) is 3. The largest absolute Gasteiger partial charge is 0.458 e. The van der Waals surface area contributed by atoms with Gasteiger partial charge in [-0.25, -0.2) is 4.79 Å². The summed E-state index contributed by atoms with van der Waals surface area (Å²) in [6.07, 6.45) is 1.88. The van der Waals surface area contributed by atoms with Crippen LogP contribution in [0.15, 0.2) is 36.5 Å². The zero-order valence-corrected chi connectivity index (χ0v) is 10.3. The number of ether oxygens (including phenoxy) is 1. The molecule has 4 atom stereocenters. The van der Waals surface area contributed by atoms with Gasteiger partial charge in [0.25, 0.3) is 0 Å². The van der Waals surface area contributed by atoms with Gasteiger partial charge in [0.15, 0.2) is 5.78 Å². The highest BCUT2D eigenvalue weighted by atomic mass is 16.6. The molecule has 3 fully saturated rings. The summed E-state index contributed by atoms with van der Waals surface area (Å²) < 4.78 is 5.45. The third-order valence-corrected chi connectivity index (χ3v) is 4.60. The Balaban J connectivity index is 2.04. The van der Waals surface area contributed by atoms with E-state index >= 15 is 0 Å². The van der Waals surface area contributed by atoms with Crippen LogP contribution in [-0.2, 0) is 14.3 Å². The molecule has 3 heteroatoms. The van der Waals surface area contributed by atoms with Gasteiger partial charge in [0.1, 0.15) is 6.10 Å². The second-order valence-corrected chi connectivity index (χ2v) is 5.48. The summed E-state index contributed by atoms with van der Waals surface area (Å²) in [4.78, 5) is 23.5. The molecule has 3 aliphatic rings. The Labute approximate surface area is 106 Å². The molecule has 1 heterocycles. The van der Waals surface area contributed by atoms with E-state index in [9.17, 15) is 9.59 Å². The molecule has 1 unspecified atom stereocenters. The Morgan fingerprint density at radius 1 is 1.06 bits per heavy atom. The molecule has 18 heavy (non-hydrogen) atoms. The van der Waals surface area contributed by atoms with Gasteiger partial charge in [-0.15, -0.1) is 0 Å². The molecule has 1 saturated heterocycles. The smallest absolute Gasteiger partial charge is 0.334 e. The van der Waals surface area contributed by atoms with E-state index in [1.807, 2.05) is 0 Å². The lowest BCUT2D eigenvalue weighted by Crippen LogP contribution is -2.28. The number of carbonyl (C=O) groups excluding carboxylic acids is 2. The van der Waals surface area contributed by atoms with E-state index in [0.29, 0.717) is 17.6 Å². The van der Waals surface area contributed by atoms with Gasteiger partial charge in [-0.2, -0.15) is 0 Å². The van der Waals surface area contributed by atoms with E-state index in [1.165, 1.54) is 0 Å². The third-order valence-electron chi connectivity index (χ3n) is 4.60. The average molecular weight is 244 g/mol. The van der Waals surface area contributed by atoms with Crippen LogP contribution >= 0.6 is 0 Å². The highest BCUT2D eigenvalue weighted by Gasteiger charge is 2.52. The van der Waals surface area contributed by atoms with Crippen LogP contribution in [0.2, 0.25) is 0 Å². The van der Waals surface area contributed by atoms with Crippen molar-refractivity contribution in [2.24, 2.45) is 17.8 Å². The normalized spacial score (nSPS) is 39.4. The first-order valence-electron chi connectivity index (χ1n) is 6.30. The van der Waals surface area contributed by atoms with Crippen molar-refractivity contribution in [1.29, 1.82) is 0 Å². The number of Topliss-reactive ketones (excluding diaryl/α,β-unsaturated/α-hetero) is 1. The van der Waals surface area contributed by atoms with Gasteiger partial charge < -0.3 is 4.74 Å². The lowest BCUT2D eigenvalue weighted by Gasteiger charge is -2.25. The number of esters is 1. The lowest BCUT2D eigenvalue weighted by atomic mass is 9.82. The van der Waals surface area contributed by atoms with Gasteiger partial charge in [0.05, 0.1) is 0 Å². The van der Waals surface area contributed by atoms with Gasteiger partial charge in [-0.1, -0.05) is 25.3 Å². The monoisotopic (exact) mass is 244 g/mol. The molecule has 0 radical (unpaired) electrons. The Morgan fingerprint density at radius 3 is 2.50 bits per heavy atom. The number of carbonyl (C=O) groups is 2. The van der Waals surface area contributed by atoms with Crippen molar-refractivity contribution in [2.75, 3.05) is 0 Å². The van der Waals surface area contributed by atoms with Crippen LogP contribution in [0.5, 0.6) is 0 Å². The summed E-state index contributed by atoms with van der Waals surface area (Å²) in [7, 11) is 0. The molecule has 0 aromatic carbocycles. The number of fused-ring (bicyclic) bond motifs is 3. The summed E-state index contributed by atoms with van der Waals surface area (Å²) in [6.45, 7) is 11.8. The molecule has 0 bridgehead atoms. The van der Waals surface area contributed by atoms with E-state index in [2.05, 4.69) is 19.7 Å². The van der Waals surface area contributed by atoms with E-state index in [-0.39, 0.29) is 35.6 Å². The van der Waals surface area contributed by atoms with E-state index in [0.717, 1.165) is 18.4 Å². The standard InChI is InChI=1S/C15H16O3/c1-7-4-5-10-8(2)15(17)18-14(10)13-9(3)12(16)6-11(7)13/h10-11,13-14H,1-6H2/t10-,11-,13?,14-/m0/s1. The van der Waals surface area contributed by atoms with E-state index < -0.39 is 0 Å². The zero-order valence-electron chi connectivity index (χ0n) is 10.3. The van der Waals surface area contributed by atoms with Crippen LogP contribution in [0.4, 0.5) is 0 Å². The Morgan fingerprint density at radius 2 is 1.78 bits per heavy atom. The summed E-state index contributed by atoms with van der Waals surface area (Å²) in [5.41, 5.74) is 2.23. The van der Waals surface area contributed by atoms with Crippen LogP contribution in [-0.4, -0.2) is 17.9 Å². The molecule has 0 amide bonds. The maximum absolute atomic E-state index is 11.8. The SMILES string of the molecule is C=C1C(=O)C[C@H]2C(=C)CC[C@H]3C(=C)C(=O)O[C@@H]3C12. The van der Waals surface area contributed by atoms with Crippen LogP contribution in [0.3, 0.4) is 0 Å². The lowest BCUT2D eigenvalue weighted by molar-refractivity contribution is -0.141. The van der Waals surface area contributed by atoms with E-state index in [4.69, 9.17) is 4.74 Å². The minimum absolute atomic E-state index is 0.0203. The fourth-order valence-corrected chi connectivity index (χ4v) is 3.53. The Hall–Kier alpha value is -1.64. The maximum atomic E-state index is 11.8. The van der Waals surface area contributed by atoms with Gasteiger partial charge >= 0.3 is 5.97 Å². The van der Waals surface area contributed by atoms with Gasteiger partial charge in [-0.3, -0.25) is 4.79 Å². The summed E-state index contributed by atoms with van der Waals surface area (Å²) >= 11 is 0. The van der Waals surface area contributed by atoms with Crippen molar-refractivity contribution >= 4 is 11.8 Å². The molecule has 2 saturated carbocycles. The topological polar surface area (TPSA) is 43.4 Å². The second-order valence-electron chi connectivity index (χ2n) is 5.48. The average Bonchev–Trinajstić information content (AvgIpc) is 2.72. The molecule has 3 rings (SSSR count). The first kappa shape index (κ1) is 11.5. The van der Waals surface area contributed by atoms with Crippen molar-refractivity contribution in [2.45, 2.75) is 25.4 Å². The zero-order chi connectivity index (χ0) is 13.0. The molecular weight excluding hydrogens is 228 g/mol. The molecule has 0 spiro atoms. The molecule has 3 nitrogen and oxygen atoms in total. The number of hydrogen-bond donors (Lipinski definition) is 0. The van der Waals surface area contributed by atoms with Crippen LogP contribution in [0.1, 0.15) is 19.3 Å². The first-order valence-corrected chi connectivity index (χ1v) is 6.30. The predicted molar refractivity (Wildman–Crippen MR) is 66.6 cm³/mol. The van der Waals surface area contributed by atoms with Crippen molar-refractivity contribution in [3.8, 4) is 0 Å². The fourth-order valence-electron chi connectivity index (χ4n) is 3.53. The van der Waals surface area contributed by atoms with Crippen molar-refractivity contribution < 1.29 is 14.3 Å². The summed E-state index contributed by atoms with van der Waals surface area (Å²) in [6, 6.07) is 0. The molecule has 0 N–H and O–H groups in total. The van der Waals surface area contributed by atoms with E-state index in [1.54, 1.807) is 0 Å². The molecule has 94 valence electrons. The molecule has 0 aromatic rings. The minimum Gasteiger partial charge on any atom is -0.458 e. The number of ketones is 1. The fraction of sp³-hybridized carbons (Fsp3) is 0.467. The highest BCUT2D eigenvalue weighted by molar-refractivity contribution is 5.99. The van der Waals surface area contributed by atoms with Gasteiger partial charge in [0, 0.05) is 23.8 Å². The molecule has 0 aromatic heterocycles. The summed E-state index contributed by atoms with van der Waals surface area (Å²) in [5.74, 6) is -0.199. The Bertz CT molecular complexity index is 500. The maximum Gasteiger partial charge on any atom is 0.334 e. The third kappa shape index (κ3) is 1.36. The number of rotatable bonds is 0. The molecule has 2 aliphatic carbocycles. The van der Waals surface area contributed by atoms with Crippen LogP contribution < -0.4 is 0 Å². The van der Waals surface area contributed by atoms with Crippen molar-refractivity contribution in [1.82, 2.24) is 0 Å². The second kappa shape index (κ2) is 3.67. The van der Waals surface area contributed by atoms with Gasteiger partial charge in [-0.05, 0) is 24.3 Å². The predicted octanol–water partition coefficient (Wildman–Crippen LogP) is 2.20. The number of allylic oxidation sites excluding steroid dienone is 1.